The first-order chi connectivity index (χ1) is 14.6. The molecule has 1 aliphatic heterocycles. The quantitative estimate of drug-likeness (QED) is 0.657. The summed E-state index contributed by atoms with van der Waals surface area (Å²) >= 11 is 0. The van der Waals surface area contributed by atoms with E-state index >= 15 is 0 Å². The molecule has 0 saturated carbocycles. The molecule has 0 bridgehead atoms. The number of nitrogens with zero attached hydrogens (tertiary/aromatic N) is 1. The van der Waals surface area contributed by atoms with Gasteiger partial charge in [-0.1, -0.05) is 6.07 Å². The Labute approximate surface area is 180 Å². The van der Waals surface area contributed by atoms with Gasteiger partial charge in [0.05, 0.1) is 17.9 Å². The number of hydrogen-bond acceptors (Lipinski definition) is 4. The Morgan fingerprint density at radius 1 is 1.29 bits per heavy atom. The molecule has 0 aliphatic carbocycles. The molecule has 0 saturated heterocycles. The lowest BCUT2D eigenvalue weighted by molar-refractivity contribution is -0.161. The Kier molecular flexibility index (Phi) is 5.17. The number of nitrogens with one attached hydrogen (secondary N) is 1. The fraction of sp³-hybridized carbons (Fsp3) is 0.417. The van der Waals surface area contributed by atoms with Crippen LogP contribution in [0.2, 0.25) is 0 Å². The zero-order chi connectivity index (χ0) is 22.5. The molecule has 0 unspecified atom stereocenters. The third-order valence-corrected chi connectivity index (χ3v) is 5.75. The van der Waals surface area contributed by atoms with Gasteiger partial charge in [0.2, 0.25) is 0 Å². The van der Waals surface area contributed by atoms with E-state index in [1.54, 1.807) is 34.0 Å². The average Bonchev–Trinajstić information content (AvgIpc) is 3.19. The monoisotopic (exact) mass is 424 g/mol. The van der Waals surface area contributed by atoms with Crippen LogP contribution < -0.4 is 10.3 Å². The number of carboxylic acid groups (broad SMARTS) is 1. The van der Waals surface area contributed by atoms with Gasteiger partial charge < -0.3 is 24.1 Å². The van der Waals surface area contributed by atoms with Gasteiger partial charge in [-0.2, -0.15) is 0 Å². The van der Waals surface area contributed by atoms with E-state index in [1.165, 1.54) is 4.57 Å². The minimum absolute atomic E-state index is 0.290. The minimum atomic E-state index is -1.31. The van der Waals surface area contributed by atoms with Crippen molar-refractivity contribution in [3.8, 4) is 16.9 Å². The Hall–Kier alpha value is -3.06. The fourth-order valence-electron chi connectivity index (χ4n) is 4.38. The number of rotatable bonds is 4. The topological polar surface area (TPSA) is 93.5 Å². The van der Waals surface area contributed by atoms with E-state index in [2.05, 4.69) is 4.98 Å². The summed E-state index contributed by atoms with van der Waals surface area (Å²) in [6.07, 6.45) is 2.23. The number of aromatic nitrogens is 2. The molecule has 0 radical (unpaired) electrons. The predicted molar refractivity (Wildman–Crippen MR) is 119 cm³/mol. The van der Waals surface area contributed by atoms with Gasteiger partial charge in [-0.3, -0.25) is 4.79 Å². The highest BCUT2D eigenvalue weighted by atomic mass is 16.5. The summed E-state index contributed by atoms with van der Waals surface area (Å²) in [6, 6.07) is 5.71. The largest absolute Gasteiger partial charge is 0.493 e. The summed E-state index contributed by atoms with van der Waals surface area (Å²) in [5, 5.41) is 10.8. The number of ether oxygens (including phenoxy) is 2. The van der Waals surface area contributed by atoms with Crippen molar-refractivity contribution in [1.82, 2.24) is 9.55 Å². The third kappa shape index (κ3) is 3.63. The van der Waals surface area contributed by atoms with Crippen LogP contribution in [0.4, 0.5) is 0 Å². The molecule has 7 heteroatoms. The second kappa shape index (κ2) is 7.57. The van der Waals surface area contributed by atoms with Crippen molar-refractivity contribution in [1.29, 1.82) is 0 Å². The lowest BCUT2D eigenvalue weighted by Crippen LogP contribution is -2.33. The summed E-state index contributed by atoms with van der Waals surface area (Å²) < 4.78 is 13.2. The maximum absolute atomic E-state index is 13.1. The van der Waals surface area contributed by atoms with Gasteiger partial charge in [-0.15, -0.1) is 0 Å². The first kappa shape index (κ1) is 21.2. The van der Waals surface area contributed by atoms with Crippen LogP contribution in [0.1, 0.15) is 50.1 Å². The molecular formula is C24H28N2O5. The van der Waals surface area contributed by atoms with Crippen molar-refractivity contribution in [2.45, 2.75) is 52.2 Å². The summed E-state index contributed by atoms with van der Waals surface area (Å²) in [7, 11) is 1.60. The van der Waals surface area contributed by atoms with Gasteiger partial charge in [0, 0.05) is 24.2 Å². The number of fused-ring (bicyclic) bond motifs is 2. The molecule has 1 aliphatic rings. The molecule has 1 aromatic carbocycles. The number of pyridine rings is 1. The molecule has 2 N–H and O–H groups in total. The highest BCUT2D eigenvalue weighted by molar-refractivity contribution is 5.98. The van der Waals surface area contributed by atoms with E-state index in [9.17, 15) is 14.7 Å². The number of H-pyrrole nitrogens is 1. The highest BCUT2D eigenvalue weighted by Crippen LogP contribution is 2.41. The van der Waals surface area contributed by atoms with Gasteiger partial charge >= 0.3 is 5.97 Å². The van der Waals surface area contributed by atoms with Crippen molar-refractivity contribution in [2.75, 3.05) is 6.61 Å². The van der Waals surface area contributed by atoms with Crippen LogP contribution in [-0.2, 0) is 23.0 Å². The molecule has 3 aromatic rings. The van der Waals surface area contributed by atoms with Gasteiger partial charge in [0.15, 0.2) is 6.10 Å². The average molecular weight is 424 g/mol. The minimum Gasteiger partial charge on any atom is -0.493 e. The van der Waals surface area contributed by atoms with Crippen molar-refractivity contribution < 1.29 is 19.4 Å². The third-order valence-electron chi connectivity index (χ3n) is 5.75. The normalized spacial score (nSPS) is 14.9. The molecule has 0 spiro atoms. The van der Waals surface area contributed by atoms with E-state index in [0.717, 1.165) is 35.3 Å². The zero-order valence-electron chi connectivity index (χ0n) is 18.5. The summed E-state index contributed by atoms with van der Waals surface area (Å²) in [5.41, 5.74) is 3.48. The number of aromatic amines is 1. The molecule has 4 rings (SSSR count). The Morgan fingerprint density at radius 3 is 2.71 bits per heavy atom. The van der Waals surface area contributed by atoms with Crippen LogP contribution in [0, 0.1) is 6.92 Å². The Bertz CT molecular complexity index is 1230. The maximum atomic E-state index is 13.1. The SMILES string of the molecule is Cc1c(-c2c([C@H](OC(C)(C)C)C(=O)O)n(C)c(=O)c3[nH]ccc23)ccc2c1CCCO2. The first-order valence-corrected chi connectivity index (χ1v) is 10.5. The van der Waals surface area contributed by atoms with Crippen LogP contribution in [0.15, 0.2) is 29.2 Å². The van der Waals surface area contributed by atoms with Crippen LogP contribution in [-0.4, -0.2) is 32.8 Å². The molecule has 0 fully saturated rings. The summed E-state index contributed by atoms with van der Waals surface area (Å²) in [5.74, 6) is -0.273. The second-order valence-electron chi connectivity index (χ2n) is 9.01. The van der Waals surface area contributed by atoms with E-state index < -0.39 is 17.7 Å². The van der Waals surface area contributed by atoms with E-state index in [0.29, 0.717) is 28.8 Å². The lowest BCUT2D eigenvalue weighted by atomic mass is 9.89. The van der Waals surface area contributed by atoms with Crippen LogP contribution in [0.25, 0.3) is 22.0 Å². The molecule has 3 heterocycles. The maximum Gasteiger partial charge on any atom is 0.339 e. The van der Waals surface area contributed by atoms with Crippen molar-refractivity contribution in [3.05, 3.63) is 51.6 Å². The highest BCUT2D eigenvalue weighted by Gasteiger charge is 2.34. The van der Waals surface area contributed by atoms with Gasteiger partial charge in [0.25, 0.3) is 5.56 Å². The molecular weight excluding hydrogens is 396 g/mol. The van der Waals surface area contributed by atoms with Crippen LogP contribution >= 0.6 is 0 Å². The van der Waals surface area contributed by atoms with Gasteiger partial charge in [-0.25, -0.2) is 4.79 Å². The zero-order valence-corrected chi connectivity index (χ0v) is 18.5. The summed E-state index contributed by atoms with van der Waals surface area (Å²) in [6.45, 7) is 8.13. The van der Waals surface area contributed by atoms with Gasteiger partial charge in [0.1, 0.15) is 11.3 Å². The van der Waals surface area contributed by atoms with Crippen molar-refractivity contribution in [3.63, 3.8) is 0 Å². The first-order valence-electron chi connectivity index (χ1n) is 10.5. The number of carbonyl (C=O) groups is 1. The van der Waals surface area contributed by atoms with E-state index in [4.69, 9.17) is 9.47 Å². The number of aliphatic carboxylic acids is 1. The molecule has 31 heavy (non-hydrogen) atoms. The van der Waals surface area contributed by atoms with Crippen LogP contribution in [0.3, 0.4) is 0 Å². The van der Waals surface area contributed by atoms with Gasteiger partial charge in [-0.05, 0) is 69.4 Å². The number of carboxylic acids is 1. The molecule has 164 valence electrons. The van der Waals surface area contributed by atoms with Crippen molar-refractivity contribution in [2.24, 2.45) is 7.05 Å². The van der Waals surface area contributed by atoms with E-state index in [-0.39, 0.29) is 5.56 Å². The Balaban J connectivity index is 2.09. The van der Waals surface area contributed by atoms with Crippen LogP contribution in [0.5, 0.6) is 5.75 Å². The lowest BCUT2D eigenvalue weighted by Gasteiger charge is -2.29. The molecule has 7 nitrogen and oxygen atoms in total. The number of benzene rings is 1. The molecule has 0 amide bonds. The predicted octanol–water partition coefficient (Wildman–Crippen LogP) is 4.11. The molecule has 1 atom stereocenters. The Morgan fingerprint density at radius 2 is 2.03 bits per heavy atom. The number of hydrogen-bond donors (Lipinski definition) is 2. The standard InChI is InChI=1S/C24H28N2O5/c1-13-14-7-6-12-30-17(14)9-8-15(13)18-16-10-11-25-19(16)22(27)26(5)20(18)21(23(28)29)31-24(2,3)4/h8-11,21,25H,6-7,12H2,1-5H3,(H,28,29)/t21-/m0/s1. The van der Waals surface area contributed by atoms with Crippen molar-refractivity contribution >= 4 is 16.9 Å². The summed E-state index contributed by atoms with van der Waals surface area (Å²) in [4.78, 5) is 28.4. The fourth-order valence-corrected chi connectivity index (χ4v) is 4.38. The smallest absolute Gasteiger partial charge is 0.339 e. The van der Waals surface area contributed by atoms with E-state index in [1.807, 2.05) is 25.1 Å². The second-order valence-corrected chi connectivity index (χ2v) is 9.01. The molecule has 2 aromatic heterocycles.